The van der Waals surface area contributed by atoms with E-state index in [1.165, 1.54) is 12.4 Å². The first kappa shape index (κ1) is 15.7. The third-order valence-corrected chi connectivity index (χ3v) is 4.26. The minimum Gasteiger partial charge on any atom is -0.355 e. The third kappa shape index (κ3) is 4.38. The van der Waals surface area contributed by atoms with Gasteiger partial charge in [0.25, 0.3) is 0 Å². The summed E-state index contributed by atoms with van der Waals surface area (Å²) in [6.45, 7) is 2.75. The standard InChI is InChI=1S/C13H15ClN4O2S/c1-2-15-13-16-8-12(9-17-13)21(19,20)18-7-10-3-5-11(14)6-4-10/h3-6,8-9,18H,2,7H2,1H3,(H,15,16,17). The Kier molecular flexibility index (Phi) is 5.11. The molecule has 6 nitrogen and oxygen atoms in total. The smallest absolute Gasteiger partial charge is 0.243 e. The number of benzene rings is 1. The maximum atomic E-state index is 12.1. The molecule has 0 saturated carbocycles. The van der Waals surface area contributed by atoms with E-state index in [4.69, 9.17) is 11.6 Å². The zero-order valence-electron chi connectivity index (χ0n) is 11.4. The lowest BCUT2D eigenvalue weighted by molar-refractivity contribution is 0.580. The zero-order chi connectivity index (χ0) is 15.3. The summed E-state index contributed by atoms with van der Waals surface area (Å²) in [7, 11) is -3.64. The van der Waals surface area contributed by atoms with Crippen LogP contribution in [-0.2, 0) is 16.6 Å². The summed E-state index contributed by atoms with van der Waals surface area (Å²) < 4.78 is 26.7. The van der Waals surface area contributed by atoms with E-state index in [0.29, 0.717) is 17.5 Å². The molecule has 2 N–H and O–H groups in total. The molecule has 1 aromatic carbocycles. The lowest BCUT2D eigenvalue weighted by Gasteiger charge is -2.07. The Morgan fingerprint density at radius 2 is 1.76 bits per heavy atom. The van der Waals surface area contributed by atoms with Gasteiger partial charge < -0.3 is 5.32 Å². The number of anilines is 1. The average Bonchev–Trinajstić information content (AvgIpc) is 2.48. The Morgan fingerprint density at radius 3 is 2.33 bits per heavy atom. The van der Waals surface area contributed by atoms with Gasteiger partial charge in [-0.25, -0.2) is 23.1 Å². The fraction of sp³-hybridized carbons (Fsp3) is 0.231. The molecule has 2 rings (SSSR count). The molecule has 0 amide bonds. The van der Waals surface area contributed by atoms with Crippen LogP contribution in [0.25, 0.3) is 0 Å². The molecule has 0 atom stereocenters. The van der Waals surface area contributed by atoms with Crippen molar-refractivity contribution in [1.29, 1.82) is 0 Å². The highest BCUT2D eigenvalue weighted by Gasteiger charge is 2.14. The Balaban J connectivity index is 2.05. The molecule has 0 radical (unpaired) electrons. The summed E-state index contributed by atoms with van der Waals surface area (Å²) in [6, 6.07) is 6.93. The van der Waals surface area contributed by atoms with Crippen molar-refractivity contribution in [2.45, 2.75) is 18.4 Å². The summed E-state index contributed by atoms with van der Waals surface area (Å²) in [5, 5.41) is 3.50. The quantitative estimate of drug-likeness (QED) is 0.848. The van der Waals surface area contributed by atoms with Gasteiger partial charge in [0.2, 0.25) is 16.0 Å². The minimum absolute atomic E-state index is 0.0260. The first-order valence-corrected chi connectivity index (χ1v) is 8.17. The molecule has 0 fully saturated rings. The van der Waals surface area contributed by atoms with E-state index in [1.807, 2.05) is 6.92 Å². The van der Waals surface area contributed by atoms with Crippen LogP contribution in [-0.4, -0.2) is 24.9 Å². The number of nitrogens with one attached hydrogen (secondary N) is 2. The Morgan fingerprint density at radius 1 is 1.14 bits per heavy atom. The van der Waals surface area contributed by atoms with Crippen LogP contribution in [0.1, 0.15) is 12.5 Å². The highest BCUT2D eigenvalue weighted by molar-refractivity contribution is 7.89. The minimum atomic E-state index is -3.64. The second-order valence-electron chi connectivity index (χ2n) is 4.22. The van der Waals surface area contributed by atoms with Crippen LogP contribution in [0.4, 0.5) is 5.95 Å². The van der Waals surface area contributed by atoms with Crippen LogP contribution in [0.15, 0.2) is 41.6 Å². The number of halogens is 1. The Bertz CT molecular complexity index is 687. The van der Waals surface area contributed by atoms with Gasteiger partial charge in [-0.05, 0) is 24.6 Å². The first-order chi connectivity index (χ1) is 10.0. The summed E-state index contributed by atoms with van der Waals surface area (Å²) >= 11 is 5.78. The SMILES string of the molecule is CCNc1ncc(S(=O)(=O)NCc2ccc(Cl)cc2)cn1. The predicted octanol–water partition coefficient (Wildman–Crippen LogP) is 2.04. The van der Waals surface area contributed by atoms with Gasteiger partial charge in [-0.3, -0.25) is 0 Å². The normalized spacial score (nSPS) is 11.3. The molecular formula is C13H15ClN4O2S. The highest BCUT2D eigenvalue weighted by Crippen LogP contribution is 2.11. The van der Waals surface area contributed by atoms with E-state index in [1.54, 1.807) is 24.3 Å². The van der Waals surface area contributed by atoms with Crippen LogP contribution in [0.2, 0.25) is 5.02 Å². The highest BCUT2D eigenvalue weighted by atomic mass is 35.5. The predicted molar refractivity (Wildman–Crippen MR) is 81.7 cm³/mol. The molecule has 112 valence electrons. The Hall–Kier alpha value is -1.70. The van der Waals surface area contributed by atoms with E-state index >= 15 is 0 Å². The van der Waals surface area contributed by atoms with Gasteiger partial charge in [-0.15, -0.1) is 0 Å². The molecule has 0 aliphatic carbocycles. The number of hydrogen-bond acceptors (Lipinski definition) is 5. The number of nitrogens with zero attached hydrogens (tertiary/aromatic N) is 2. The number of aromatic nitrogens is 2. The topological polar surface area (TPSA) is 84.0 Å². The van der Waals surface area contributed by atoms with E-state index in [-0.39, 0.29) is 11.4 Å². The molecular weight excluding hydrogens is 312 g/mol. The summed E-state index contributed by atoms with van der Waals surface area (Å²) in [5.41, 5.74) is 0.813. The summed E-state index contributed by atoms with van der Waals surface area (Å²) in [6.07, 6.45) is 2.55. The molecule has 0 bridgehead atoms. The van der Waals surface area contributed by atoms with Crippen molar-refractivity contribution >= 4 is 27.6 Å². The molecule has 0 spiro atoms. The molecule has 21 heavy (non-hydrogen) atoms. The van der Waals surface area contributed by atoms with Crippen molar-refractivity contribution in [3.8, 4) is 0 Å². The Labute approximate surface area is 128 Å². The van der Waals surface area contributed by atoms with Crippen LogP contribution >= 0.6 is 11.6 Å². The second-order valence-corrected chi connectivity index (χ2v) is 6.43. The molecule has 8 heteroatoms. The lowest BCUT2D eigenvalue weighted by Crippen LogP contribution is -2.23. The van der Waals surface area contributed by atoms with Crippen molar-refractivity contribution in [3.05, 3.63) is 47.2 Å². The first-order valence-electron chi connectivity index (χ1n) is 6.31. The monoisotopic (exact) mass is 326 g/mol. The van der Waals surface area contributed by atoms with Gasteiger partial charge in [0, 0.05) is 18.1 Å². The van der Waals surface area contributed by atoms with Gasteiger partial charge in [-0.2, -0.15) is 0 Å². The lowest BCUT2D eigenvalue weighted by atomic mass is 10.2. The van der Waals surface area contributed by atoms with Gasteiger partial charge in [-0.1, -0.05) is 23.7 Å². The van der Waals surface area contributed by atoms with E-state index in [2.05, 4.69) is 20.0 Å². The van der Waals surface area contributed by atoms with Crippen molar-refractivity contribution in [3.63, 3.8) is 0 Å². The van der Waals surface area contributed by atoms with E-state index < -0.39 is 10.0 Å². The van der Waals surface area contributed by atoms with Crippen LogP contribution in [0, 0.1) is 0 Å². The molecule has 1 aromatic heterocycles. The molecule has 1 heterocycles. The maximum absolute atomic E-state index is 12.1. The number of sulfonamides is 1. The van der Waals surface area contributed by atoms with Crippen molar-refractivity contribution in [2.75, 3.05) is 11.9 Å². The second kappa shape index (κ2) is 6.84. The molecule has 2 aromatic rings. The molecule has 0 aliphatic rings. The van der Waals surface area contributed by atoms with Crippen LogP contribution in [0.5, 0.6) is 0 Å². The van der Waals surface area contributed by atoms with Crippen molar-refractivity contribution < 1.29 is 8.42 Å². The van der Waals surface area contributed by atoms with Gasteiger partial charge in [0.05, 0.1) is 12.4 Å². The third-order valence-electron chi connectivity index (χ3n) is 2.65. The van der Waals surface area contributed by atoms with Crippen LogP contribution < -0.4 is 10.0 Å². The van der Waals surface area contributed by atoms with E-state index in [9.17, 15) is 8.42 Å². The summed E-state index contributed by atoms with van der Waals surface area (Å²) in [5.74, 6) is 0.397. The van der Waals surface area contributed by atoms with Gasteiger partial charge in [0.1, 0.15) is 4.90 Å². The number of hydrogen-bond donors (Lipinski definition) is 2. The largest absolute Gasteiger partial charge is 0.355 e. The van der Waals surface area contributed by atoms with Gasteiger partial charge in [0.15, 0.2) is 0 Å². The average molecular weight is 327 g/mol. The van der Waals surface area contributed by atoms with Crippen molar-refractivity contribution in [2.24, 2.45) is 0 Å². The number of rotatable bonds is 6. The molecule has 0 unspecified atom stereocenters. The maximum Gasteiger partial charge on any atom is 0.243 e. The summed E-state index contributed by atoms with van der Waals surface area (Å²) in [4.78, 5) is 7.91. The van der Waals surface area contributed by atoms with Crippen molar-refractivity contribution in [1.82, 2.24) is 14.7 Å². The fourth-order valence-electron chi connectivity index (χ4n) is 1.57. The fourth-order valence-corrected chi connectivity index (χ4v) is 2.60. The van der Waals surface area contributed by atoms with E-state index in [0.717, 1.165) is 5.56 Å². The molecule has 0 aliphatic heterocycles. The van der Waals surface area contributed by atoms with Gasteiger partial charge >= 0.3 is 0 Å². The van der Waals surface area contributed by atoms with Crippen LogP contribution in [0.3, 0.4) is 0 Å². The molecule has 0 saturated heterocycles. The zero-order valence-corrected chi connectivity index (χ0v) is 12.9.